The maximum Gasteiger partial charge on any atom is 0.339 e. The van der Waals surface area contributed by atoms with E-state index in [2.05, 4.69) is 0 Å². The summed E-state index contributed by atoms with van der Waals surface area (Å²) in [6, 6.07) is 10.3. The van der Waals surface area contributed by atoms with Gasteiger partial charge in [0, 0.05) is 23.7 Å². The van der Waals surface area contributed by atoms with Gasteiger partial charge in [-0.1, -0.05) is 30.3 Å². The number of carbonyl (C=O) groups excluding carboxylic acids is 1. The molecule has 0 N–H and O–H groups in total. The molecule has 2 aliphatic rings. The number of halogens is 2. The highest BCUT2D eigenvalue weighted by Gasteiger charge is 2.41. The van der Waals surface area contributed by atoms with Crippen LogP contribution in [0.25, 0.3) is 0 Å². The minimum atomic E-state index is -3.82. The van der Waals surface area contributed by atoms with Crippen LogP contribution in [0.3, 0.4) is 0 Å². The summed E-state index contributed by atoms with van der Waals surface area (Å²) in [5, 5.41) is -0.751. The zero-order chi connectivity index (χ0) is 24.5. The van der Waals surface area contributed by atoms with Crippen LogP contribution in [0.1, 0.15) is 47.8 Å². The van der Waals surface area contributed by atoms with Crippen LogP contribution in [0, 0.1) is 11.6 Å². The first-order valence-electron chi connectivity index (χ1n) is 11.1. The van der Waals surface area contributed by atoms with Crippen molar-refractivity contribution < 1.29 is 36.2 Å². The minimum absolute atomic E-state index is 0.124. The average Bonchev–Trinajstić information content (AvgIpc) is 2.78. The highest BCUT2D eigenvalue weighted by molar-refractivity contribution is 7.89. The van der Waals surface area contributed by atoms with E-state index in [0.717, 1.165) is 19.2 Å². The Bertz CT molecular complexity index is 1140. The maximum absolute atomic E-state index is 15.1. The smallest absolute Gasteiger partial charge is 0.339 e. The topological polar surface area (TPSA) is 82.1 Å². The summed E-state index contributed by atoms with van der Waals surface area (Å²) in [4.78, 5) is 12.2. The molecular formula is C24H27F2NO6S. The van der Waals surface area contributed by atoms with Gasteiger partial charge in [-0.05, 0) is 37.5 Å². The van der Waals surface area contributed by atoms with E-state index >= 15 is 8.78 Å². The largest absolute Gasteiger partial charge is 0.467 e. The van der Waals surface area contributed by atoms with E-state index in [0.29, 0.717) is 18.4 Å². The van der Waals surface area contributed by atoms with Crippen LogP contribution in [-0.2, 0) is 35.6 Å². The van der Waals surface area contributed by atoms with Crippen LogP contribution in [0.2, 0.25) is 0 Å². The summed E-state index contributed by atoms with van der Waals surface area (Å²) in [5.74, 6) is -2.58. The fourth-order valence-electron chi connectivity index (χ4n) is 4.29. The van der Waals surface area contributed by atoms with E-state index in [1.807, 2.05) is 6.07 Å². The van der Waals surface area contributed by atoms with Gasteiger partial charge in [-0.15, -0.1) is 0 Å². The van der Waals surface area contributed by atoms with Crippen molar-refractivity contribution in [2.24, 2.45) is 0 Å². The van der Waals surface area contributed by atoms with Gasteiger partial charge in [-0.3, -0.25) is 0 Å². The van der Waals surface area contributed by atoms with E-state index in [1.54, 1.807) is 31.2 Å². The summed E-state index contributed by atoms with van der Waals surface area (Å²) in [6.45, 7) is 1.91. The molecule has 2 heterocycles. The van der Waals surface area contributed by atoms with Crippen molar-refractivity contribution >= 4 is 16.0 Å². The van der Waals surface area contributed by atoms with Crippen molar-refractivity contribution in [3.8, 4) is 0 Å². The predicted octanol–water partition coefficient (Wildman–Crippen LogP) is 3.65. The summed E-state index contributed by atoms with van der Waals surface area (Å²) in [5.41, 5.74) is 0.233. The van der Waals surface area contributed by atoms with Gasteiger partial charge in [-0.25, -0.2) is 22.0 Å². The monoisotopic (exact) mass is 495 g/mol. The number of hydrogen-bond donors (Lipinski definition) is 0. The van der Waals surface area contributed by atoms with Gasteiger partial charge in [0.25, 0.3) is 0 Å². The minimum Gasteiger partial charge on any atom is -0.467 e. The number of benzene rings is 2. The van der Waals surface area contributed by atoms with Crippen LogP contribution in [-0.4, -0.2) is 51.2 Å². The van der Waals surface area contributed by atoms with Crippen LogP contribution in [0.15, 0.2) is 42.5 Å². The predicted molar refractivity (Wildman–Crippen MR) is 119 cm³/mol. The third kappa shape index (κ3) is 4.86. The van der Waals surface area contributed by atoms with Gasteiger partial charge in [-0.2, -0.15) is 4.31 Å². The van der Waals surface area contributed by atoms with E-state index in [1.165, 1.54) is 4.31 Å². The molecule has 2 aromatic carbocycles. The number of sulfonamides is 1. The van der Waals surface area contributed by atoms with E-state index < -0.39 is 45.1 Å². The number of hydrogen-bond acceptors (Lipinski definition) is 6. The molecule has 1 unspecified atom stereocenters. The summed E-state index contributed by atoms with van der Waals surface area (Å²) in [6.07, 6.45) is -0.853. The Labute approximate surface area is 197 Å². The van der Waals surface area contributed by atoms with Gasteiger partial charge in [0.15, 0.2) is 6.10 Å². The Morgan fingerprint density at radius 3 is 2.47 bits per heavy atom. The Morgan fingerprint density at radius 2 is 1.85 bits per heavy atom. The normalized spacial score (nSPS) is 23.8. The molecule has 0 saturated carbocycles. The van der Waals surface area contributed by atoms with Gasteiger partial charge >= 0.3 is 5.97 Å². The van der Waals surface area contributed by atoms with Crippen molar-refractivity contribution in [2.75, 3.05) is 20.3 Å². The highest BCUT2D eigenvalue weighted by atomic mass is 32.2. The third-order valence-electron chi connectivity index (χ3n) is 6.32. The molecule has 0 aromatic heterocycles. The zero-order valence-electron chi connectivity index (χ0n) is 18.9. The molecule has 2 saturated heterocycles. The zero-order valence-corrected chi connectivity index (χ0v) is 19.8. The maximum atomic E-state index is 15.1. The van der Waals surface area contributed by atoms with Crippen LogP contribution in [0.5, 0.6) is 0 Å². The number of carbonyl (C=O) groups is 1. The molecule has 4 rings (SSSR count). The lowest BCUT2D eigenvalue weighted by atomic mass is 10.0. The highest BCUT2D eigenvalue weighted by Crippen LogP contribution is 2.38. The van der Waals surface area contributed by atoms with Crippen LogP contribution in [0.4, 0.5) is 8.78 Å². The number of esters is 1. The molecule has 0 amide bonds. The van der Waals surface area contributed by atoms with Gasteiger partial charge in [0.1, 0.15) is 23.0 Å². The van der Waals surface area contributed by atoms with Crippen molar-refractivity contribution in [1.82, 2.24) is 4.31 Å². The summed E-state index contributed by atoms with van der Waals surface area (Å²) < 4.78 is 73.5. The number of nitrogens with zero attached hydrogens (tertiary/aromatic N) is 1. The molecule has 10 heteroatoms. The van der Waals surface area contributed by atoms with E-state index in [-0.39, 0.29) is 36.9 Å². The molecular weight excluding hydrogens is 468 g/mol. The second-order valence-corrected chi connectivity index (χ2v) is 10.6. The Kier molecular flexibility index (Phi) is 7.32. The third-order valence-corrected chi connectivity index (χ3v) is 8.69. The standard InChI is InChI=1S/C24H27F2NO6S/c1-15-8-9-22(16-6-4-3-5-7-16)34(29,30)27(15)12-17-10-21(26)19(11-20(17)25)23(24(28)31-2)33-18-13-32-14-18/h3-7,10-11,15,18,22-23H,8-9,12-14H2,1-2H3/t15-,22+,23?/m0/s1. The molecule has 0 aliphatic carbocycles. The van der Waals surface area contributed by atoms with Gasteiger partial charge in [0.2, 0.25) is 10.0 Å². The lowest BCUT2D eigenvalue weighted by Gasteiger charge is -2.37. The molecule has 0 radical (unpaired) electrons. The molecule has 2 aliphatic heterocycles. The number of ether oxygens (including phenoxy) is 3. The van der Waals surface area contributed by atoms with E-state index in [9.17, 15) is 13.2 Å². The first-order valence-corrected chi connectivity index (χ1v) is 12.6. The average molecular weight is 496 g/mol. The molecule has 2 aromatic rings. The lowest BCUT2D eigenvalue weighted by molar-refractivity contribution is -0.183. The molecule has 7 nitrogen and oxygen atoms in total. The van der Waals surface area contributed by atoms with Crippen molar-refractivity contribution in [3.63, 3.8) is 0 Å². The fraction of sp³-hybridized carbons (Fsp3) is 0.458. The van der Waals surface area contributed by atoms with Crippen molar-refractivity contribution in [3.05, 3.63) is 70.8 Å². The SMILES string of the molecule is COC(=O)C(OC1COC1)c1cc(F)c(CN2[C@@H](C)CC[C@H](c3ccccc3)S2(=O)=O)cc1F. The number of methoxy groups -OCH3 is 1. The van der Waals surface area contributed by atoms with Crippen molar-refractivity contribution in [2.45, 2.75) is 49.8 Å². The second kappa shape index (κ2) is 10.1. The van der Waals surface area contributed by atoms with Gasteiger partial charge < -0.3 is 14.2 Å². The summed E-state index contributed by atoms with van der Waals surface area (Å²) >= 11 is 0. The molecule has 34 heavy (non-hydrogen) atoms. The summed E-state index contributed by atoms with van der Waals surface area (Å²) in [7, 11) is -2.69. The van der Waals surface area contributed by atoms with Crippen LogP contribution < -0.4 is 0 Å². The molecule has 184 valence electrons. The Hall–Kier alpha value is -2.40. The van der Waals surface area contributed by atoms with Gasteiger partial charge in [0.05, 0.1) is 20.3 Å². The van der Waals surface area contributed by atoms with Crippen LogP contribution >= 0.6 is 0 Å². The quantitative estimate of drug-likeness (QED) is 0.546. The molecule has 0 bridgehead atoms. The Morgan fingerprint density at radius 1 is 1.15 bits per heavy atom. The molecule has 0 spiro atoms. The van der Waals surface area contributed by atoms with E-state index in [4.69, 9.17) is 14.2 Å². The van der Waals surface area contributed by atoms with Crippen molar-refractivity contribution in [1.29, 1.82) is 0 Å². The Balaban J connectivity index is 1.62. The first-order chi connectivity index (χ1) is 16.2. The fourth-order valence-corrected chi connectivity index (χ4v) is 6.48. The number of rotatable bonds is 7. The molecule has 3 atom stereocenters. The molecule has 2 fully saturated rings. The lowest BCUT2D eigenvalue weighted by Crippen LogP contribution is -2.44. The first kappa shape index (κ1) is 24.7. The second-order valence-electron chi connectivity index (χ2n) is 8.58.